The van der Waals surface area contributed by atoms with Crippen LogP contribution in [0.1, 0.15) is 0 Å². The molecule has 1 aromatic rings. The zero-order chi connectivity index (χ0) is 8.27. The Balaban J connectivity index is 2.82. The van der Waals surface area contributed by atoms with Gasteiger partial charge in [-0.1, -0.05) is 6.58 Å². The average molecular weight is 153 g/mol. The van der Waals surface area contributed by atoms with Crippen molar-refractivity contribution in [1.29, 1.82) is 0 Å². The van der Waals surface area contributed by atoms with Crippen molar-refractivity contribution < 1.29 is 4.39 Å². The second-order valence-corrected chi connectivity index (χ2v) is 2.22. The molecule has 0 saturated heterocycles. The van der Waals surface area contributed by atoms with E-state index in [1.807, 2.05) is 0 Å². The van der Waals surface area contributed by atoms with Crippen LogP contribution in [-0.2, 0) is 6.54 Å². The van der Waals surface area contributed by atoms with Crippen LogP contribution in [0.3, 0.4) is 0 Å². The fourth-order valence-corrected chi connectivity index (χ4v) is 0.747. The molecule has 1 rings (SSSR count). The molecule has 0 unspecified atom stereocenters. The third-order valence-electron chi connectivity index (χ3n) is 1.21. The van der Waals surface area contributed by atoms with E-state index in [0.29, 0.717) is 0 Å². The third kappa shape index (κ3) is 2.37. The summed E-state index contributed by atoms with van der Waals surface area (Å²) in [5, 5.41) is 0. The van der Waals surface area contributed by atoms with E-state index in [9.17, 15) is 9.18 Å². The summed E-state index contributed by atoms with van der Waals surface area (Å²) < 4.78 is 13.7. The van der Waals surface area contributed by atoms with Gasteiger partial charge in [0.15, 0.2) is 5.43 Å². The molecule has 0 aliphatic heterocycles. The van der Waals surface area contributed by atoms with Gasteiger partial charge >= 0.3 is 0 Å². The second kappa shape index (κ2) is 3.14. The summed E-state index contributed by atoms with van der Waals surface area (Å²) in [6.45, 7) is 3.22. The molecule has 2 nitrogen and oxygen atoms in total. The van der Waals surface area contributed by atoms with E-state index in [1.54, 1.807) is 4.57 Å². The fourth-order valence-electron chi connectivity index (χ4n) is 0.747. The van der Waals surface area contributed by atoms with Crippen LogP contribution < -0.4 is 5.43 Å². The highest BCUT2D eigenvalue weighted by Crippen LogP contribution is 1.95. The van der Waals surface area contributed by atoms with Crippen LogP contribution >= 0.6 is 0 Å². The number of halogens is 1. The lowest BCUT2D eigenvalue weighted by Gasteiger charge is -2.00. The van der Waals surface area contributed by atoms with Crippen molar-refractivity contribution in [2.75, 3.05) is 0 Å². The SMILES string of the molecule is C=C(F)Cn1ccc(=O)cc1. The Hall–Kier alpha value is -1.38. The summed E-state index contributed by atoms with van der Waals surface area (Å²) in [5.41, 5.74) is -0.0780. The van der Waals surface area contributed by atoms with Crippen LogP contribution in [0.15, 0.2) is 41.7 Å². The molecule has 0 N–H and O–H groups in total. The van der Waals surface area contributed by atoms with E-state index in [4.69, 9.17) is 0 Å². The Kier molecular flexibility index (Phi) is 2.21. The van der Waals surface area contributed by atoms with Gasteiger partial charge in [-0.15, -0.1) is 0 Å². The average Bonchev–Trinajstić information content (AvgIpc) is 1.93. The minimum atomic E-state index is -0.423. The first kappa shape index (κ1) is 7.72. The van der Waals surface area contributed by atoms with Crippen molar-refractivity contribution in [1.82, 2.24) is 4.57 Å². The molecule has 0 fully saturated rings. The molecule has 0 radical (unpaired) electrons. The molecule has 0 bridgehead atoms. The number of hydrogen-bond donors (Lipinski definition) is 0. The molecule has 58 valence electrons. The van der Waals surface area contributed by atoms with Crippen LogP contribution in [0.2, 0.25) is 0 Å². The van der Waals surface area contributed by atoms with Gasteiger partial charge in [-0.3, -0.25) is 4.79 Å². The third-order valence-corrected chi connectivity index (χ3v) is 1.21. The number of pyridine rings is 1. The van der Waals surface area contributed by atoms with E-state index in [-0.39, 0.29) is 12.0 Å². The van der Waals surface area contributed by atoms with Crippen molar-refractivity contribution in [3.05, 3.63) is 47.2 Å². The summed E-state index contributed by atoms with van der Waals surface area (Å²) in [7, 11) is 0. The summed E-state index contributed by atoms with van der Waals surface area (Å²) in [5.74, 6) is -0.423. The molecule has 0 aromatic carbocycles. The predicted octanol–water partition coefficient (Wildman–Crippen LogP) is 1.33. The number of allylic oxidation sites excluding steroid dienone is 1. The van der Waals surface area contributed by atoms with Crippen molar-refractivity contribution in [3.8, 4) is 0 Å². The van der Waals surface area contributed by atoms with E-state index < -0.39 is 5.83 Å². The largest absolute Gasteiger partial charge is 0.347 e. The molecule has 0 atom stereocenters. The Morgan fingerprint density at radius 1 is 1.55 bits per heavy atom. The Bertz CT molecular complexity index is 296. The minimum Gasteiger partial charge on any atom is -0.347 e. The van der Waals surface area contributed by atoms with Crippen molar-refractivity contribution in [2.45, 2.75) is 6.54 Å². The standard InChI is InChI=1S/C8H8FNO/c1-7(9)6-10-4-2-8(11)3-5-10/h2-5H,1,6H2. The molecule has 1 heterocycles. The van der Waals surface area contributed by atoms with Gasteiger partial charge in [0.05, 0.1) is 6.54 Å². The normalized spacial score (nSPS) is 9.55. The van der Waals surface area contributed by atoms with E-state index >= 15 is 0 Å². The van der Waals surface area contributed by atoms with Gasteiger partial charge in [-0.25, -0.2) is 4.39 Å². The molecule has 0 spiro atoms. The van der Waals surface area contributed by atoms with Gasteiger partial charge in [0.1, 0.15) is 5.83 Å². The second-order valence-electron chi connectivity index (χ2n) is 2.22. The monoisotopic (exact) mass is 153 g/mol. The Labute approximate surface area is 63.6 Å². The van der Waals surface area contributed by atoms with E-state index in [1.165, 1.54) is 24.5 Å². The maximum absolute atomic E-state index is 12.2. The predicted molar refractivity (Wildman–Crippen MR) is 41.0 cm³/mol. The minimum absolute atomic E-state index is 0.0780. The molecule has 0 amide bonds. The quantitative estimate of drug-likeness (QED) is 0.628. The highest BCUT2D eigenvalue weighted by Gasteiger charge is 1.90. The lowest BCUT2D eigenvalue weighted by Crippen LogP contribution is -2.03. The van der Waals surface area contributed by atoms with Gasteiger partial charge in [-0.05, 0) is 0 Å². The maximum Gasteiger partial charge on any atom is 0.181 e. The van der Waals surface area contributed by atoms with Gasteiger partial charge in [-0.2, -0.15) is 0 Å². The molecular formula is C8H8FNO. The fraction of sp³-hybridized carbons (Fsp3) is 0.125. The van der Waals surface area contributed by atoms with Crippen molar-refractivity contribution in [3.63, 3.8) is 0 Å². The summed E-state index contributed by atoms with van der Waals surface area (Å²) in [4.78, 5) is 10.6. The van der Waals surface area contributed by atoms with Gasteiger partial charge < -0.3 is 4.57 Å². The van der Waals surface area contributed by atoms with Gasteiger partial charge in [0, 0.05) is 24.5 Å². The molecule has 1 aromatic heterocycles. The van der Waals surface area contributed by atoms with E-state index in [2.05, 4.69) is 6.58 Å². The van der Waals surface area contributed by atoms with Crippen LogP contribution in [0.5, 0.6) is 0 Å². The molecule has 0 aliphatic rings. The molecule has 0 saturated carbocycles. The van der Waals surface area contributed by atoms with Gasteiger partial charge in [0.2, 0.25) is 0 Å². The summed E-state index contributed by atoms with van der Waals surface area (Å²) in [6, 6.07) is 2.76. The van der Waals surface area contributed by atoms with Crippen LogP contribution in [0.25, 0.3) is 0 Å². The first-order valence-corrected chi connectivity index (χ1v) is 3.18. The topological polar surface area (TPSA) is 22.0 Å². The van der Waals surface area contributed by atoms with Crippen LogP contribution in [-0.4, -0.2) is 4.57 Å². The zero-order valence-corrected chi connectivity index (χ0v) is 5.96. The Morgan fingerprint density at radius 3 is 2.55 bits per heavy atom. The van der Waals surface area contributed by atoms with E-state index in [0.717, 1.165) is 0 Å². The Morgan fingerprint density at radius 2 is 2.09 bits per heavy atom. The molecular weight excluding hydrogens is 145 g/mol. The summed E-state index contributed by atoms with van der Waals surface area (Å²) in [6.07, 6.45) is 3.04. The molecule has 11 heavy (non-hydrogen) atoms. The highest BCUT2D eigenvalue weighted by atomic mass is 19.1. The molecule has 0 aliphatic carbocycles. The zero-order valence-electron chi connectivity index (χ0n) is 5.96. The van der Waals surface area contributed by atoms with Gasteiger partial charge in [0.25, 0.3) is 0 Å². The highest BCUT2D eigenvalue weighted by molar-refractivity contribution is 4.95. The lowest BCUT2D eigenvalue weighted by atomic mass is 10.4. The number of aromatic nitrogens is 1. The van der Waals surface area contributed by atoms with Crippen LogP contribution in [0.4, 0.5) is 4.39 Å². The first-order chi connectivity index (χ1) is 5.18. The van der Waals surface area contributed by atoms with Crippen molar-refractivity contribution >= 4 is 0 Å². The number of nitrogens with zero attached hydrogens (tertiary/aromatic N) is 1. The van der Waals surface area contributed by atoms with Crippen LogP contribution in [0, 0.1) is 0 Å². The smallest absolute Gasteiger partial charge is 0.181 e. The number of rotatable bonds is 2. The lowest BCUT2D eigenvalue weighted by molar-refractivity contribution is 0.558. The maximum atomic E-state index is 12.2. The first-order valence-electron chi connectivity index (χ1n) is 3.18. The van der Waals surface area contributed by atoms with Crippen molar-refractivity contribution in [2.24, 2.45) is 0 Å². The summed E-state index contributed by atoms with van der Waals surface area (Å²) >= 11 is 0. The number of hydrogen-bond acceptors (Lipinski definition) is 1. The molecule has 3 heteroatoms.